The van der Waals surface area contributed by atoms with Gasteiger partial charge < -0.3 is 10.1 Å². The quantitative estimate of drug-likeness (QED) is 0.851. The summed E-state index contributed by atoms with van der Waals surface area (Å²) >= 11 is 11.8. The van der Waals surface area contributed by atoms with Crippen LogP contribution in [-0.2, 0) is 11.3 Å². The van der Waals surface area contributed by atoms with E-state index in [-0.39, 0.29) is 5.97 Å². The van der Waals surface area contributed by atoms with Crippen molar-refractivity contribution in [3.63, 3.8) is 0 Å². The number of rotatable bonds is 4. The van der Waals surface area contributed by atoms with E-state index in [1.165, 1.54) is 7.11 Å². The van der Waals surface area contributed by atoms with Gasteiger partial charge in [-0.3, -0.25) is 0 Å². The van der Waals surface area contributed by atoms with Gasteiger partial charge in [0.05, 0.1) is 22.7 Å². The number of ether oxygens (including phenoxy) is 1. The van der Waals surface area contributed by atoms with Gasteiger partial charge in [0.1, 0.15) is 0 Å². The van der Waals surface area contributed by atoms with E-state index in [0.717, 1.165) is 11.3 Å². The topological polar surface area (TPSA) is 38.3 Å². The number of methoxy groups -OCH3 is 1. The number of benzene rings is 2. The highest BCUT2D eigenvalue weighted by Crippen LogP contribution is 2.25. The summed E-state index contributed by atoms with van der Waals surface area (Å²) in [4.78, 5) is 11.7. The maximum atomic E-state index is 11.7. The van der Waals surface area contributed by atoms with Crippen LogP contribution in [0, 0.1) is 0 Å². The molecule has 5 heteroatoms. The molecule has 2 aromatic carbocycles. The van der Waals surface area contributed by atoms with Crippen LogP contribution in [0.15, 0.2) is 42.5 Å². The predicted molar refractivity (Wildman–Crippen MR) is 81.6 cm³/mol. The van der Waals surface area contributed by atoms with E-state index < -0.39 is 0 Å². The van der Waals surface area contributed by atoms with Crippen molar-refractivity contribution in [2.45, 2.75) is 6.54 Å². The average Bonchev–Trinajstić information content (AvgIpc) is 2.48. The Hall–Kier alpha value is -1.71. The van der Waals surface area contributed by atoms with Crippen LogP contribution in [0.4, 0.5) is 5.69 Å². The maximum absolute atomic E-state index is 11.7. The highest BCUT2D eigenvalue weighted by Gasteiger charge is 2.10. The first-order valence-corrected chi connectivity index (χ1v) is 6.72. The molecule has 2 rings (SSSR count). The number of nitrogens with one attached hydrogen (secondary N) is 1. The summed E-state index contributed by atoms with van der Waals surface area (Å²) in [6, 6.07) is 12.6. The van der Waals surface area contributed by atoms with Gasteiger partial charge in [0.25, 0.3) is 0 Å². The summed E-state index contributed by atoms with van der Waals surface area (Å²) in [6.45, 7) is 0.489. The van der Waals surface area contributed by atoms with Crippen LogP contribution in [0.25, 0.3) is 0 Å². The van der Waals surface area contributed by atoms with Crippen molar-refractivity contribution in [1.82, 2.24) is 0 Å². The summed E-state index contributed by atoms with van der Waals surface area (Å²) < 4.78 is 4.76. The zero-order chi connectivity index (χ0) is 14.5. The van der Waals surface area contributed by atoms with E-state index in [0.29, 0.717) is 22.2 Å². The number of halogens is 2. The Morgan fingerprint density at radius 2 is 1.90 bits per heavy atom. The SMILES string of the molecule is COC(=O)c1ccccc1CNc1ccc(Cl)c(Cl)c1. The Balaban J connectivity index is 2.14. The molecule has 3 nitrogen and oxygen atoms in total. The Kier molecular flexibility index (Phi) is 4.88. The molecule has 0 bridgehead atoms. The van der Waals surface area contributed by atoms with Gasteiger partial charge in [-0.05, 0) is 29.8 Å². The van der Waals surface area contributed by atoms with Gasteiger partial charge in [-0.15, -0.1) is 0 Å². The average molecular weight is 310 g/mol. The molecule has 0 amide bonds. The van der Waals surface area contributed by atoms with Crippen molar-refractivity contribution < 1.29 is 9.53 Å². The number of anilines is 1. The molecule has 2 aromatic rings. The molecule has 0 spiro atoms. The third kappa shape index (κ3) is 3.44. The molecule has 0 aliphatic carbocycles. The van der Waals surface area contributed by atoms with Gasteiger partial charge in [0, 0.05) is 12.2 Å². The lowest BCUT2D eigenvalue weighted by Gasteiger charge is -2.10. The summed E-state index contributed by atoms with van der Waals surface area (Å²) in [5, 5.41) is 4.19. The van der Waals surface area contributed by atoms with Crippen molar-refractivity contribution in [2.24, 2.45) is 0 Å². The summed E-state index contributed by atoms with van der Waals surface area (Å²) in [7, 11) is 1.37. The van der Waals surface area contributed by atoms with Crippen LogP contribution in [0.1, 0.15) is 15.9 Å². The van der Waals surface area contributed by atoms with Crippen LogP contribution >= 0.6 is 23.2 Å². The van der Waals surface area contributed by atoms with Crippen molar-refractivity contribution in [1.29, 1.82) is 0 Å². The van der Waals surface area contributed by atoms with E-state index in [1.54, 1.807) is 24.3 Å². The molecular weight excluding hydrogens is 297 g/mol. The van der Waals surface area contributed by atoms with Gasteiger partial charge in [0.2, 0.25) is 0 Å². The van der Waals surface area contributed by atoms with E-state index in [1.807, 2.05) is 18.2 Å². The highest BCUT2D eigenvalue weighted by molar-refractivity contribution is 6.42. The highest BCUT2D eigenvalue weighted by atomic mass is 35.5. The zero-order valence-corrected chi connectivity index (χ0v) is 12.3. The number of esters is 1. The Labute approximate surface area is 127 Å². The fourth-order valence-electron chi connectivity index (χ4n) is 1.79. The molecule has 0 atom stereocenters. The Morgan fingerprint density at radius 1 is 1.15 bits per heavy atom. The van der Waals surface area contributed by atoms with Gasteiger partial charge in [-0.1, -0.05) is 41.4 Å². The van der Waals surface area contributed by atoms with Gasteiger partial charge in [0.15, 0.2) is 0 Å². The molecule has 0 radical (unpaired) electrons. The Bertz CT molecular complexity index is 629. The fourth-order valence-corrected chi connectivity index (χ4v) is 2.09. The fraction of sp³-hybridized carbons (Fsp3) is 0.133. The lowest BCUT2D eigenvalue weighted by molar-refractivity contribution is 0.0599. The van der Waals surface area contributed by atoms with Crippen LogP contribution in [0.2, 0.25) is 10.0 Å². The predicted octanol–water partition coefficient (Wildman–Crippen LogP) is 4.39. The second-order valence-electron chi connectivity index (χ2n) is 4.13. The van der Waals surface area contributed by atoms with Crippen LogP contribution in [0.3, 0.4) is 0 Å². The minimum absolute atomic E-state index is 0.350. The monoisotopic (exact) mass is 309 g/mol. The van der Waals surface area contributed by atoms with Gasteiger partial charge in [-0.2, -0.15) is 0 Å². The first-order valence-electron chi connectivity index (χ1n) is 5.97. The van der Waals surface area contributed by atoms with Crippen molar-refractivity contribution >= 4 is 34.9 Å². The van der Waals surface area contributed by atoms with E-state index in [9.17, 15) is 4.79 Å². The number of carbonyl (C=O) groups is 1. The zero-order valence-electron chi connectivity index (χ0n) is 10.8. The second-order valence-corrected chi connectivity index (χ2v) is 4.95. The third-order valence-electron chi connectivity index (χ3n) is 2.83. The smallest absolute Gasteiger partial charge is 0.338 e. The largest absolute Gasteiger partial charge is 0.465 e. The molecule has 20 heavy (non-hydrogen) atoms. The van der Waals surface area contributed by atoms with Gasteiger partial charge in [-0.25, -0.2) is 4.79 Å². The summed E-state index contributed by atoms with van der Waals surface area (Å²) in [5.74, 6) is -0.350. The van der Waals surface area contributed by atoms with E-state index in [4.69, 9.17) is 27.9 Å². The molecule has 0 aliphatic rings. The summed E-state index contributed by atoms with van der Waals surface area (Å²) in [6.07, 6.45) is 0. The van der Waals surface area contributed by atoms with Crippen molar-refractivity contribution in [3.8, 4) is 0 Å². The number of carbonyl (C=O) groups excluding carboxylic acids is 1. The van der Waals surface area contributed by atoms with Crippen molar-refractivity contribution in [3.05, 3.63) is 63.6 Å². The molecule has 0 heterocycles. The lowest BCUT2D eigenvalue weighted by Crippen LogP contribution is -2.09. The molecule has 104 valence electrons. The number of hydrogen-bond donors (Lipinski definition) is 1. The normalized spacial score (nSPS) is 10.2. The van der Waals surface area contributed by atoms with Crippen LogP contribution in [0.5, 0.6) is 0 Å². The number of hydrogen-bond acceptors (Lipinski definition) is 3. The second kappa shape index (κ2) is 6.64. The van der Waals surface area contributed by atoms with Crippen LogP contribution < -0.4 is 5.32 Å². The molecule has 0 saturated heterocycles. The minimum atomic E-state index is -0.350. The molecule has 0 fully saturated rings. The minimum Gasteiger partial charge on any atom is -0.465 e. The Morgan fingerprint density at radius 3 is 2.60 bits per heavy atom. The van der Waals surface area contributed by atoms with Crippen molar-refractivity contribution in [2.75, 3.05) is 12.4 Å². The van der Waals surface area contributed by atoms with Crippen LogP contribution in [-0.4, -0.2) is 13.1 Å². The lowest BCUT2D eigenvalue weighted by atomic mass is 10.1. The molecule has 1 N–H and O–H groups in total. The molecule has 0 saturated carbocycles. The molecule has 0 aliphatic heterocycles. The van der Waals surface area contributed by atoms with E-state index in [2.05, 4.69) is 5.32 Å². The molecule has 0 aromatic heterocycles. The standard InChI is InChI=1S/C15H13Cl2NO2/c1-20-15(19)12-5-3-2-4-10(12)9-18-11-6-7-13(16)14(17)8-11/h2-8,18H,9H2,1H3. The van der Waals surface area contributed by atoms with Gasteiger partial charge >= 0.3 is 5.97 Å². The van der Waals surface area contributed by atoms with E-state index >= 15 is 0 Å². The maximum Gasteiger partial charge on any atom is 0.338 e. The molecular formula is C15H13Cl2NO2. The molecule has 0 unspecified atom stereocenters. The third-order valence-corrected chi connectivity index (χ3v) is 3.56. The first kappa shape index (κ1) is 14.7. The first-order chi connectivity index (χ1) is 9.61. The summed E-state index contributed by atoms with van der Waals surface area (Å²) in [5.41, 5.74) is 2.23.